The molecule has 0 saturated carbocycles. The van der Waals surface area contributed by atoms with Gasteiger partial charge in [0.2, 0.25) is 0 Å². The van der Waals surface area contributed by atoms with Crippen LogP contribution in [0.2, 0.25) is 0 Å². The summed E-state index contributed by atoms with van der Waals surface area (Å²) in [6.07, 6.45) is 48.5. The number of quaternary nitrogens is 1. The highest BCUT2D eigenvalue weighted by Crippen LogP contribution is 2.12. The van der Waals surface area contributed by atoms with E-state index in [9.17, 15) is 19.5 Å². The van der Waals surface area contributed by atoms with Crippen LogP contribution in [-0.4, -0.2) is 75.5 Å². The van der Waals surface area contributed by atoms with Crippen molar-refractivity contribution >= 4 is 17.9 Å². The maximum absolute atomic E-state index is 12.7. The molecule has 0 aromatic rings. The number of hydrogen-bond donors (Lipinski definition) is 0. The number of aliphatic carboxylic acids is 1. The Hall–Kier alpha value is -3.75. The van der Waals surface area contributed by atoms with Crippen molar-refractivity contribution in [1.29, 1.82) is 0 Å². The van der Waals surface area contributed by atoms with E-state index in [-0.39, 0.29) is 49.1 Å². The SMILES string of the molecule is CC/C=C/C=C/C=C/C=C/C=C/C=C/C=C/CCCCCC(=O)OCC(COCCC(C(=O)[O-])[N+](C)(C)C)OC(=O)CCCCCCC/C=C/CCCCC. The first-order valence-electron chi connectivity index (χ1n) is 20.9. The number of carbonyl (C=O) groups is 3. The van der Waals surface area contributed by atoms with Crippen molar-refractivity contribution in [3.05, 3.63) is 97.2 Å². The third kappa shape index (κ3) is 35.7. The Labute approximate surface area is 335 Å². The van der Waals surface area contributed by atoms with E-state index in [0.29, 0.717) is 12.8 Å². The molecule has 0 radical (unpaired) electrons. The number of allylic oxidation sites excluding steroid dienone is 16. The van der Waals surface area contributed by atoms with Crippen LogP contribution in [0.25, 0.3) is 0 Å². The fourth-order valence-electron chi connectivity index (χ4n) is 5.40. The van der Waals surface area contributed by atoms with Crippen molar-refractivity contribution in [2.24, 2.45) is 0 Å². The molecular weight excluding hydrogens is 691 g/mol. The summed E-state index contributed by atoms with van der Waals surface area (Å²) < 4.78 is 17.1. The third-order valence-corrected chi connectivity index (χ3v) is 8.65. The number of unbranched alkanes of at least 4 members (excludes halogenated alkanes) is 11. The lowest BCUT2D eigenvalue weighted by Crippen LogP contribution is -2.55. The summed E-state index contributed by atoms with van der Waals surface area (Å²) in [7, 11) is 5.37. The lowest BCUT2D eigenvalue weighted by atomic mass is 10.1. The van der Waals surface area contributed by atoms with E-state index in [0.717, 1.165) is 64.2 Å². The molecule has 8 nitrogen and oxygen atoms in total. The van der Waals surface area contributed by atoms with Crippen LogP contribution in [0.4, 0.5) is 0 Å². The number of nitrogens with zero attached hydrogens (tertiary/aromatic N) is 1. The van der Waals surface area contributed by atoms with Crippen LogP contribution in [0.5, 0.6) is 0 Å². The van der Waals surface area contributed by atoms with Crippen molar-refractivity contribution in [3.8, 4) is 0 Å². The van der Waals surface area contributed by atoms with Gasteiger partial charge in [-0.3, -0.25) is 9.59 Å². The summed E-state index contributed by atoms with van der Waals surface area (Å²) in [5, 5.41) is 11.6. The molecule has 0 aromatic heterocycles. The molecule has 0 saturated heterocycles. The van der Waals surface area contributed by atoms with E-state index in [1.54, 1.807) is 21.1 Å². The average Bonchev–Trinajstić information content (AvgIpc) is 3.14. The first kappa shape index (κ1) is 51.2. The Morgan fingerprint density at radius 2 is 1.04 bits per heavy atom. The van der Waals surface area contributed by atoms with Gasteiger partial charge in [0.25, 0.3) is 0 Å². The van der Waals surface area contributed by atoms with Crippen LogP contribution in [0, 0.1) is 0 Å². The minimum Gasteiger partial charge on any atom is -0.544 e. The van der Waals surface area contributed by atoms with Crippen LogP contribution < -0.4 is 5.11 Å². The van der Waals surface area contributed by atoms with E-state index < -0.39 is 18.1 Å². The van der Waals surface area contributed by atoms with Gasteiger partial charge in [0, 0.05) is 19.3 Å². The molecule has 310 valence electrons. The molecule has 0 aliphatic carbocycles. The molecule has 0 spiro atoms. The summed E-state index contributed by atoms with van der Waals surface area (Å²) in [5.74, 6) is -1.82. The van der Waals surface area contributed by atoms with Gasteiger partial charge in [0.1, 0.15) is 12.6 Å². The normalized spacial score (nSPS) is 14.0. The highest BCUT2D eigenvalue weighted by molar-refractivity contribution is 5.70. The van der Waals surface area contributed by atoms with Crippen molar-refractivity contribution in [2.75, 3.05) is 41.0 Å². The fourth-order valence-corrected chi connectivity index (χ4v) is 5.40. The highest BCUT2D eigenvalue weighted by atomic mass is 16.6. The van der Waals surface area contributed by atoms with Gasteiger partial charge in [-0.2, -0.15) is 0 Å². The molecule has 2 atom stereocenters. The topological polar surface area (TPSA) is 102 Å². The zero-order valence-corrected chi connectivity index (χ0v) is 35.0. The maximum Gasteiger partial charge on any atom is 0.306 e. The maximum atomic E-state index is 12.7. The lowest BCUT2D eigenvalue weighted by molar-refractivity contribution is -0.889. The number of carbonyl (C=O) groups excluding carboxylic acids is 3. The summed E-state index contributed by atoms with van der Waals surface area (Å²) in [6, 6.07) is -0.739. The number of esters is 2. The molecule has 2 unspecified atom stereocenters. The van der Waals surface area contributed by atoms with E-state index in [4.69, 9.17) is 14.2 Å². The number of hydrogen-bond acceptors (Lipinski definition) is 7. The fraction of sp³-hybridized carbons (Fsp3) is 0.596. The number of carboxylic acid groups (broad SMARTS) is 1. The van der Waals surface area contributed by atoms with E-state index in [1.807, 2.05) is 72.9 Å². The molecule has 0 aliphatic rings. The molecule has 8 heteroatoms. The minimum atomic E-state index is -1.14. The predicted molar refractivity (Wildman–Crippen MR) is 226 cm³/mol. The van der Waals surface area contributed by atoms with Crippen molar-refractivity contribution in [3.63, 3.8) is 0 Å². The highest BCUT2D eigenvalue weighted by Gasteiger charge is 2.25. The number of likely N-dealkylation sites (N-methyl/N-ethyl adjacent to an activating group) is 1. The smallest absolute Gasteiger partial charge is 0.306 e. The Kier molecular flexibility index (Phi) is 34.7. The van der Waals surface area contributed by atoms with E-state index >= 15 is 0 Å². The second-order valence-electron chi connectivity index (χ2n) is 14.7. The number of rotatable bonds is 35. The van der Waals surface area contributed by atoms with Crippen molar-refractivity contribution in [1.82, 2.24) is 0 Å². The summed E-state index contributed by atoms with van der Waals surface area (Å²) >= 11 is 0. The van der Waals surface area contributed by atoms with Gasteiger partial charge < -0.3 is 28.6 Å². The number of ether oxygens (including phenoxy) is 3. The minimum absolute atomic E-state index is 0.0156. The molecule has 0 aromatic carbocycles. The zero-order valence-electron chi connectivity index (χ0n) is 35.0. The monoisotopic (exact) mass is 766 g/mol. The molecule has 55 heavy (non-hydrogen) atoms. The largest absolute Gasteiger partial charge is 0.544 e. The van der Waals surface area contributed by atoms with Gasteiger partial charge in [0.05, 0.1) is 40.3 Å². The third-order valence-electron chi connectivity index (χ3n) is 8.65. The molecule has 0 amide bonds. The Balaban J connectivity index is 4.51. The summed E-state index contributed by atoms with van der Waals surface area (Å²) in [5.41, 5.74) is 0. The van der Waals surface area contributed by atoms with Gasteiger partial charge in [0.15, 0.2) is 6.10 Å². The number of carboxylic acids is 1. The van der Waals surface area contributed by atoms with Gasteiger partial charge in [-0.05, 0) is 57.8 Å². The molecular formula is C47H75NO7. The summed E-state index contributed by atoms with van der Waals surface area (Å²) in [6.45, 7) is 4.40. The second kappa shape index (κ2) is 37.2. The molecule has 0 rings (SSSR count). The Morgan fingerprint density at radius 1 is 0.564 bits per heavy atom. The van der Waals surface area contributed by atoms with Gasteiger partial charge in [-0.1, -0.05) is 150 Å². The molecule has 0 fully saturated rings. The standard InChI is InChI=1S/C47H75NO7/c1-6-8-10-12-14-16-18-20-21-22-23-24-25-26-28-29-31-33-35-37-45(49)54-42-43(41-53-40-39-44(47(51)52)48(3,4)5)55-46(50)38-36-34-32-30-27-19-17-15-13-11-9-7-2/h8,10,12,14-18,20-26,28,43-44H,6-7,9,11,13,19,27,29-42H2,1-5H3/b10-8+,14-12+,17-15+,18-16+,21-20+,23-22+,25-24+,28-26+. The van der Waals surface area contributed by atoms with Crippen LogP contribution >= 0.6 is 0 Å². The van der Waals surface area contributed by atoms with Gasteiger partial charge >= 0.3 is 11.9 Å². The first-order valence-corrected chi connectivity index (χ1v) is 20.9. The molecule has 0 heterocycles. The van der Waals surface area contributed by atoms with E-state index in [1.165, 1.54) is 25.7 Å². The molecule has 0 aliphatic heterocycles. The van der Waals surface area contributed by atoms with Crippen molar-refractivity contribution in [2.45, 2.75) is 142 Å². The van der Waals surface area contributed by atoms with E-state index in [2.05, 4.69) is 38.2 Å². The zero-order chi connectivity index (χ0) is 40.7. The average molecular weight is 766 g/mol. The van der Waals surface area contributed by atoms with Crippen molar-refractivity contribution < 1.29 is 38.2 Å². The molecule has 0 bridgehead atoms. The van der Waals surface area contributed by atoms with Crippen LogP contribution in [0.1, 0.15) is 129 Å². The van der Waals surface area contributed by atoms with Gasteiger partial charge in [-0.25, -0.2) is 0 Å². The first-order chi connectivity index (χ1) is 26.6. The Bertz CT molecular complexity index is 1220. The predicted octanol–water partition coefficient (Wildman–Crippen LogP) is 9.79. The van der Waals surface area contributed by atoms with Crippen LogP contribution in [0.3, 0.4) is 0 Å². The van der Waals surface area contributed by atoms with Crippen LogP contribution in [-0.2, 0) is 28.6 Å². The molecule has 0 N–H and O–H groups in total. The van der Waals surface area contributed by atoms with Crippen LogP contribution in [0.15, 0.2) is 97.2 Å². The quantitative estimate of drug-likeness (QED) is 0.0208. The summed E-state index contributed by atoms with van der Waals surface area (Å²) in [4.78, 5) is 36.8. The Morgan fingerprint density at radius 3 is 1.58 bits per heavy atom. The lowest BCUT2D eigenvalue weighted by Gasteiger charge is -2.34. The van der Waals surface area contributed by atoms with Gasteiger partial charge in [-0.15, -0.1) is 0 Å². The second-order valence-corrected chi connectivity index (χ2v) is 14.7.